The molecular formula is C42H24BNO3. The molecule has 7 aromatic carbocycles. The maximum Gasteiger partial charge on any atom is 0.434 e. The second kappa shape index (κ2) is 9.18. The van der Waals surface area contributed by atoms with Gasteiger partial charge >= 0.3 is 6.92 Å². The Morgan fingerprint density at radius 1 is 0.489 bits per heavy atom. The lowest BCUT2D eigenvalue weighted by atomic mass is 9.51. The highest BCUT2D eigenvalue weighted by atomic mass is 16.5. The van der Waals surface area contributed by atoms with Crippen molar-refractivity contribution in [2.45, 2.75) is 0 Å². The van der Waals surface area contributed by atoms with Crippen molar-refractivity contribution in [2.24, 2.45) is 0 Å². The molecule has 0 radical (unpaired) electrons. The van der Waals surface area contributed by atoms with Crippen molar-refractivity contribution < 1.29 is 13.8 Å². The summed E-state index contributed by atoms with van der Waals surface area (Å²) in [6, 6.07) is 51.0. The molecule has 0 amide bonds. The van der Waals surface area contributed by atoms with Gasteiger partial charge in [-0.25, -0.2) is 0 Å². The van der Waals surface area contributed by atoms with Crippen molar-refractivity contribution in [2.75, 3.05) is 0 Å². The summed E-state index contributed by atoms with van der Waals surface area (Å²) < 4.78 is 22.3. The van der Waals surface area contributed by atoms with Crippen molar-refractivity contribution in [1.82, 2.24) is 4.57 Å². The van der Waals surface area contributed by atoms with E-state index in [0.29, 0.717) is 0 Å². The molecule has 0 saturated heterocycles. The lowest BCUT2D eigenvalue weighted by Gasteiger charge is -2.33. The van der Waals surface area contributed by atoms with Gasteiger partial charge in [0.15, 0.2) is 0 Å². The average molecular weight is 601 g/mol. The molecule has 0 atom stereocenters. The van der Waals surface area contributed by atoms with Gasteiger partial charge in [-0.05, 0) is 65.7 Å². The highest BCUT2D eigenvalue weighted by molar-refractivity contribution is 6.84. The fourth-order valence-corrected chi connectivity index (χ4v) is 7.82. The average Bonchev–Trinajstić information content (AvgIpc) is 3.68. The van der Waals surface area contributed by atoms with Gasteiger partial charge in [-0.15, -0.1) is 0 Å². The molecule has 4 nitrogen and oxygen atoms in total. The van der Waals surface area contributed by atoms with Gasteiger partial charge in [0.1, 0.15) is 28.4 Å². The molecule has 0 bridgehead atoms. The van der Waals surface area contributed by atoms with Crippen molar-refractivity contribution in [3.63, 3.8) is 0 Å². The molecule has 4 heterocycles. The van der Waals surface area contributed by atoms with E-state index in [9.17, 15) is 0 Å². The highest BCUT2D eigenvalue weighted by Crippen LogP contribution is 2.43. The molecule has 218 valence electrons. The molecule has 0 aliphatic carbocycles. The molecule has 2 aliphatic rings. The molecule has 0 fully saturated rings. The fraction of sp³-hybridized carbons (Fsp3) is 0. The van der Waals surface area contributed by atoms with Crippen molar-refractivity contribution in [3.8, 4) is 45.2 Å². The number of ether oxygens (including phenoxy) is 1. The number of benzene rings is 7. The van der Waals surface area contributed by atoms with E-state index in [0.717, 1.165) is 78.1 Å². The third-order valence-corrected chi connectivity index (χ3v) is 9.89. The number of fused-ring (bicyclic) bond motifs is 10. The predicted octanol–water partition coefficient (Wildman–Crippen LogP) is 9.62. The molecule has 47 heavy (non-hydrogen) atoms. The Kier molecular flexibility index (Phi) is 4.89. The van der Waals surface area contributed by atoms with Crippen LogP contribution in [0.25, 0.3) is 71.7 Å². The standard InChI is InChI=1S/C42H24BNO3/c1-4-15-35-28(9-1)29-10-2-5-16-36(29)44(35)26-20-22-39-34(24-26)43-41-31(13-8-18-40(41)45-39)33-23-25(19-21-38(33)47-43)27-12-7-14-32-30-11-3-6-17-37(30)46-42(27)32/h1-24H. The van der Waals surface area contributed by atoms with E-state index >= 15 is 0 Å². The summed E-state index contributed by atoms with van der Waals surface area (Å²) in [4.78, 5) is 0. The number of furan rings is 1. The first-order valence-electron chi connectivity index (χ1n) is 16.0. The number of aromatic nitrogens is 1. The zero-order chi connectivity index (χ0) is 30.6. The van der Waals surface area contributed by atoms with E-state index in [2.05, 4.69) is 132 Å². The molecule has 5 heteroatoms. The maximum atomic E-state index is 6.93. The van der Waals surface area contributed by atoms with Gasteiger partial charge in [0, 0.05) is 49.3 Å². The number of hydrogen-bond acceptors (Lipinski definition) is 3. The Morgan fingerprint density at radius 2 is 1.19 bits per heavy atom. The molecule has 9 aromatic rings. The van der Waals surface area contributed by atoms with Crippen LogP contribution in [0.5, 0.6) is 17.2 Å². The highest BCUT2D eigenvalue weighted by Gasteiger charge is 2.41. The fourth-order valence-electron chi connectivity index (χ4n) is 7.82. The van der Waals surface area contributed by atoms with Gasteiger partial charge in [-0.1, -0.05) is 91.0 Å². The second-order valence-corrected chi connectivity index (χ2v) is 12.4. The van der Waals surface area contributed by atoms with Crippen LogP contribution in [0.2, 0.25) is 0 Å². The van der Waals surface area contributed by atoms with Crippen LogP contribution in [0.1, 0.15) is 0 Å². The number of nitrogens with zero attached hydrogens (tertiary/aromatic N) is 1. The molecule has 0 unspecified atom stereocenters. The van der Waals surface area contributed by atoms with Gasteiger partial charge in [-0.2, -0.15) is 0 Å². The normalized spacial score (nSPS) is 13.0. The maximum absolute atomic E-state index is 6.93. The Morgan fingerprint density at radius 3 is 2.04 bits per heavy atom. The third-order valence-electron chi connectivity index (χ3n) is 9.89. The Bertz CT molecular complexity index is 2720. The lowest BCUT2D eigenvalue weighted by Crippen LogP contribution is -2.53. The first kappa shape index (κ1) is 25.0. The van der Waals surface area contributed by atoms with Crippen LogP contribution < -0.4 is 20.3 Å². The van der Waals surface area contributed by atoms with E-state index in [1.54, 1.807) is 0 Å². The minimum absolute atomic E-state index is 0.296. The van der Waals surface area contributed by atoms with Crippen LogP contribution >= 0.6 is 0 Å². The Hall–Kier alpha value is -6.20. The molecule has 11 rings (SSSR count). The largest absolute Gasteiger partial charge is 0.551 e. The minimum atomic E-state index is -0.296. The minimum Gasteiger partial charge on any atom is -0.551 e. The van der Waals surface area contributed by atoms with E-state index < -0.39 is 0 Å². The summed E-state index contributed by atoms with van der Waals surface area (Å²) in [5.41, 5.74) is 11.6. The third kappa shape index (κ3) is 3.43. The van der Waals surface area contributed by atoms with Crippen molar-refractivity contribution in [1.29, 1.82) is 0 Å². The molecule has 0 spiro atoms. The van der Waals surface area contributed by atoms with Gasteiger partial charge in [0.05, 0.1) is 11.0 Å². The number of para-hydroxylation sites is 4. The molecule has 2 aromatic heterocycles. The monoisotopic (exact) mass is 601 g/mol. The van der Waals surface area contributed by atoms with E-state index in [1.807, 2.05) is 18.2 Å². The lowest BCUT2D eigenvalue weighted by molar-refractivity contribution is 0.479. The van der Waals surface area contributed by atoms with Gasteiger partial charge in [0.25, 0.3) is 0 Å². The first-order chi connectivity index (χ1) is 23.3. The van der Waals surface area contributed by atoms with Gasteiger partial charge in [-0.3, -0.25) is 0 Å². The van der Waals surface area contributed by atoms with Crippen LogP contribution in [0.4, 0.5) is 0 Å². The summed E-state index contributed by atoms with van der Waals surface area (Å²) >= 11 is 0. The summed E-state index contributed by atoms with van der Waals surface area (Å²) in [5.74, 6) is 2.51. The Labute approximate surface area is 270 Å². The Balaban J connectivity index is 1.07. The zero-order valence-electron chi connectivity index (χ0n) is 25.1. The summed E-state index contributed by atoms with van der Waals surface area (Å²) in [7, 11) is 0. The zero-order valence-corrected chi connectivity index (χ0v) is 25.1. The quantitative estimate of drug-likeness (QED) is 0.185. The molecule has 2 aliphatic heterocycles. The van der Waals surface area contributed by atoms with E-state index in [1.165, 1.54) is 21.8 Å². The van der Waals surface area contributed by atoms with Crippen LogP contribution in [0, 0.1) is 0 Å². The SMILES string of the molecule is c1cc2c3c(c1)-c1cc(-c4cccc5c4oc4ccccc45)ccc1OB3c1cc(-n3c4ccccc4c4ccccc43)ccc1O2. The van der Waals surface area contributed by atoms with Crippen molar-refractivity contribution >= 4 is 61.6 Å². The van der Waals surface area contributed by atoms with Crippen LogP contribution in [-0.4, -0.2) is 11.5 Å². The topological polar surface area (TPSA) is 36.5 Å². The molecular weight excluding hydrogens is 577 g/mol. The predicted molar refractivity (Wildman–Crippen MR) is 191 cm³/mol. The van der Waals surface area contributed by atoms with Crippen LogP contribution in [0.3, 0.4) is 0 Å². The van der Waals surface area contributed by atoms with Gasteiger partial charge in [0.2, 0.25) is 0 Å². The molecule has 0 N–H and O–H groups in total. The first-order valence-corrected chi connectivity index (χ1v) is 16.0. The summed E-state index contributed by atoms with van der Waals surface area (Å²) in [5, 5.41) is 4.72. The van der Waals surface area contributed by atoms with Crippen molar-refractivity contribution in [3.05, 3.63) is 146 Å². The van der Waals surface area contributed by atoms with Crippen LogP contribution in [-0.2, 0) is 0 Å². The number of rotatable bonds is 2. The number of hydrogen-bond donors (Lipinski definition) is 0. The summed E-state index contributed by atoms with van der Waals surface area (Å²) in [6.45, 7) is -0.296. The van der Waals surface area contributed by atoms with Gasteiger partial charge < -0.3 is 18.4 Å². The summed E-state index contributed by atoms with van der Waals surface area (Å²) in [6.07, 6.45) is 0. The van der Waals surface area contributed by atoms with E-state index in [-0.39, 0.29) is 6.92 Å². The van der Waals surface area contributed by atoms with Crippen LogP contribution in [0.15, 0.2) is 150 Å². The second-order valence-electron chi connectivity index (χ2n) is 12.4. The van der Waals surface area contributed by atoms with E-state index in [4.69, 9.17) is 13.8 Å². The molecule has 0 saturated carbocycles. The smallest absolute Gasteiger partial charge is 0.434 e.